The Morgan fingerprint density at radius 3 is 2.12 bits per heavy atom. The Labute approximate surface area is 254 Å². The molecule has 1 saturated heterocycles. The summed E-state index contributed by atoms with van der Waals surface area (Å²) in [5.41, 5.74) is 9.53. The minimum Gasteiger partial charge on any atom is -0.369 e. The molecule has 2 heterocycles. The highest BCUT2D eigenvalue weighted by Crippen LogP contribution is 2.60. The van der Waals surface area contributed by atoms with Gasteiger partial charge in [0.05, 0.1) is 17.1 Å². The van der Waals surface area contributed by atoms with E-state index in [-0.39, 0.29) is 29.1 Å². The number of nitrogens with two attached hydrogens (primary N) is 1. The maximum absolute atomic E-state index is 13.8. The van der Waals surface area contributed by atoms with Crippen molar-refractivity contribution in [1.82, 2.24) is 9.62 Å². The lowest BCUT2D eigenvalue weighted by Gasteiger charge is -2.59. The van der Waals surface area contributed by atoms with Gasteiger partial charge in [0.2, 0.25) is 15.9 Å². The molecular formula is C32H42N6O4S. The monoisotopic (exact) mass is 606 g/mol. The summed E-state index contributed by atoms with van der Waals surface area (Å²) >= 11 is 0. The van der Waals surface area contributed by atoms with Crippen molar-refractivity contribution in [2.75, 3.05) is 59.7 Å². The van der Waals surface area contributed by atoms with E-state index in [0.29, 0.717) is 57.0 Å². The van der Waals surface area contributed by atoms with E-state index in [4.69, 9.17) is 5.73 Å². The predicted octanol–water partition coefficient (Wildman–Crippen LogP) is 3.51. The number of piperazine rings is 1. The van der Waals surface area contributed by atoms with E-state index >= 15 is 0 Å². The van der Waals surface area contributed by atoms with Gasteiger partial charge in [-0.1, -0.05) is 12.1 Å². The standard InChI is InChI=1S/C32H42N6O4S/c1-2-43(41,42)36-13-11-35(12-14-36)25-7-9-26(10-8-25)37-15-16-38(28-6-4-3-5-27(28)37)31(40)34-29-23-17-22-18-24(29)21-32(19-22,20-23)30(33)39/h3-10,22-24,29H,2,11-21H2,1H3,(H2,33,39)(H,34,40)/t22?,23-,24+,29?,32?. The summed E-state index contributed by atoms with van der Waals surface area (Å²) in [6, 6.07) is 16.5. The van der Waals surface area contributed by atoms with E-state index < -0.39 is 10.0 Å². The SMILES string of the molecule is CCS(=O)(=O)N1CCN(c2ccc(N3CCN(C(=O)NC4[C@@H]5CC6C[C@H]4CC(C(N)=O)(C6)C5)c4ccccc43)cc2)CC1. The van der Waals surface area contributed by atoms with Crippen LogP contribution >= 0.6 is 0 Å². The lowest BCUT2D eigenvalue weighted by Crippen LogP contribution is -2.63. The Bertz CT molecular complexity index is 1490. The first-order valence-electron chi connectivity index (χ1n) is 15.7. The molecule has 0 spiro atoms. The average Bonchev–Trinajstić information content (AvgIpc) is 3.02. The van der Waals surface area contributed by atoms with Gasteiger partial charge in [-0.05, 0) is 93.2 Å². The van der Waals surface area contributed by atoms with Gasteiger partial charge in [0.25, 0.3) is 0 Å². The Morgan fingerprint density at radius 1 is 0.860 bits per heavy atom. The van der Waals surface area contributed by atoms with E-state index in [1.807, 2.05) is 23.1 Å². The summed E-state index contributed by atoms with van der Waals surface area (Å²) in [7, 11) is -3.16. The van der Waals surface area contributed by atoms with Gasteiger partial charge in [-0.3, -0.25) is 9.69 Å². The molecule has 0 radical (unpaired) electrons. The Balaban J connectivity index is 1.04. The topological polar surface area (TPSA) is 119 Å². The number of amides is 3. The van der Waals surface area contributed by atoms with Crippen LogP contribution in [0.4, 0.5) is 27.5 Å². The van der Waals surface area contributed by atoms with Gasteiger partial charge in [0.15, 0.2) is 0 Å². The zero-order chi connectivity index (χ0) is 29.9. The van der Waals surface area contributed by atoms with Crippen molar-refractivity contribution in [3.8, 4) is 0 Å². The summed E-state index contributed by atoms with van der Waals surface area (Å²) in [6.07, 6.45) is 4.67. The fraction of sp³-hybridized carbons (Fsp3) is 0.562. The van der Waals surface area contributed by atoms with Crippen LogP contribution in [-0.2, 0) is 14.8 Å². The summed E-state index contributed by atoms with van der Waals surface area (Å²) < 4.78 is 26.1. The molecule has 10 nitrogen and oxygen atoms in total. The summed E-state index contributed by atoms with van der Waals surface area (Å²) in [6.45, 7) is 5.27. The van der Waals surface area contributed by atoms with Crippen molar-refractivity contribution < 1.29 is 18.0 Å². The van der Waals surface area contributed by atoms with Crippen molar-refractivity contribution in [1.29, 1.82) is 0 Å². The van der Waals surface area contributed by atoms with Crippen LogP contribution in [0.5, 0.6) is 0 Å². The second-order valence-corrected chi connectivity index (χ2v) is 15.4. The first-order valence-corrected chi connectivity index (χ1v) is 17.4. The van der Waals surface area contributed by atoms with Gasteiger partial charge >= 0.3 is 6.03 Å². The van der Waals surface area contributed by atoms with Gasteiger partial charge in [-0.15, -0.1) is 0 Å². The lowest BCUT2D eigenvalue weighted by molar-refractivity contribution is -0.145. The molecule has 4 bridgehead atoms. The van der Waals surface area contributed by atoms with Gasteiger partial charge < -0.3 is 20.9 Å². The van der Waals surface area contributed by atoms with Crippen LogP contribution in [0.2, 0.25) is 0 Å². The Kier molecular flexibility index (Phi) is 7.08. The average molecular weight is 607 g/mol. The van der Waals surface area contributed by atoms with E-state index in [9.17, 15) is 18.0 Å². The van der Waals surface area contributed by atoms with Gasteiger partial charge in [-0.2, -0.15) is 4.31 Å². The van der Waals surface area contributed by atoms with Crippen LogP contribution < -0.4 is 25.8 Å². The van der Waals surface area contributed by atoms with Gasteiger partial charge in [0, 0.05) is 62.1 Å². The zero-order valence-electron chi connectivity index (χ0n) is 24.8. The van der Waals surface area contributed by atoms with Crippen LogP contribution in [0.15, 0.2) is 48.5 Å². The third-order valence-corrected chi connectivity index (χ3v) is 12.7. The first-order chi connectivity index (χ1) is 20.7. The molecule has 43 heavy (non-hydrogen) atoms. The largest absolute Gasteiger partial charge is 0.369 e. The number of benzene rings is 2. The molecule has 11 heteroatoms. The molecule has 3 unspecified atom stereocenters. The molecule has 8 rings (SSSR count). The quantitative estimate of drug-likeness (QED) is 0.520. The van der Waals surface area contributed by atoms with Crippen LogP contribution in [-0.4, -0.2) is 75.7 Å². The summed E-state index contributed by atoms with van der Waals surface area (Å²) in [4.78, 5) is 32.5. The first kappa shape index (κ1) is 28.5. The number of para-hydroxylation sites is 2. The predicted molar refractivity (Wildman–Crippen MR) is 168 cm³/mol. The number of nitrogens with one attached hydrogen (secondary N) is 1. The maximum Gasteiger partial charge on any atom is 0.322 e. The molecule has 2 aliphatic heterocycles. The maximum atomic E-state index is 13.8. The number of hydrogen-bond acceptors (Lipinski definition) is 6. The molecule has 2 aromatic rings. The molecule has 5 fully saturated rings. The molecule has 0 aromatic heterocycles. The van der Waals surface area contributed by atoms with Gasteiger partial charge in [0.1, 0.15) is 0 Å². The fourth-order valence-corrected chi connectivity index (χ4v) is 9.96. The molecule has 230 valence electrons. The van der Waals surface area contributed by atoms with Crippen molar-refractivity contribution in [2.24, 2.45) is 28.9 Å². The normalized spacial score (nSPS) is 30.3. The number of urea groups is 1. The highest BCUT2D eigenvalue weighted by Gasteiger charge is 2.58. The van der Waals surface area contributed by atoms with Crippen molar-refractivity contribution in [3.05, 3.63) is 48.5 Å². The Morgan fingerprint density at radius 2 is 1.49 bits per heavy atom. The second kappa shape index (κ2) is 10.7. The molecule has 4 aliphatic carbocycles. The number of sulfonamides is 1. The smallest absolute Gasteiger partial charge is 0.322 e. The number of carbonyl (C=O) groups is 2. The minimum atomic E-state index is -3.16. The van der Waals surface area contributed by atoms with Gasteiger partial charge in [-0.25, -0.2) is 13.2 Å². The van der Waals surface area contributed by atoms with Crippen LogP contribution in [0, 0.1) is 23.2 Å². The van der Waals surface area contributed by atoms with E-state index in [1.165, 1.54) is 0 Å². The highest BCUT2D eigenvalue weighted by molar-refractivity contribution is 7.89. The molecule has 5 atom stereocenters. The number of hydrogen-bond donors (Lipinski definition) is 2. The van der Waals surface area contributed by atoms with E-state index in [1.54, 1.807) is 11.2 Å². The minimum absolute atomic E-state index is 0.0581. The summed E-state index contributed by atoms with van der Waals surface area (Å²) in [5.74, 6) is 1.17. The fourth-order valence-electron chi connectivity index (χ4n) is 8.87. The number of rotatable bonds is 6. The van der Waals surface area contributed by atoms with Crippen molar-refractivity contribution >= 4 is 44.7 Å². The highest BCUT2D eigenvalue weighted by atomic mass is 32.2. The second-order valence-electron chi connectivity index (χ2n) is 13.2. The number of nitrogens with zero attached hydrogens (tertiary/aromatic N) is 4. The molecule has 2 aromatic carbocycles. The van der Waals surface area contributed by atoms with E-state index in [2.05, 4.69) is 45.4 Å². The molecule has 4 saturated carbocycles. The third-order valence-electron chi connectivity index (χ3n) is 10.9. The van der Waals surface area contributed by atoms with Crippen LogP contribution in [0.3, 0.4) is 0 Å². The number of anilines is 4. The molecule has 3 amide bonds. The zero-order valence-corrected chi connectivity index (χ0v) is 25.6. The van der Waals surface area contributed by atoms with E-state index in [0.717, 1.165) is 54.9 Å². The van der Waals surface area contributed by atoms with Crippen LogP contribution in [0.1, 0.15) is 39.0 Å². The van der Waals surface area contributed by atoms with Crippen molar-refractivity contribution in [3.63, 3.8) is 0 Å². The third kappa shape index (κ3) is 4.94. The molecular weight excluding hydrogens is 564 g/mol. The molecule has 6 aliphatic rings. The number of primary amides is 1. The molecule has 3 N–H and O–H groups in total. The lowest BCUT2D eigenvalue weighted by atomic mass is 9.47. The summed E-state index contributed by atoms with van der Waals surface area (Å²) in [5, 5.41) is 3.41. The van der Waals surface area contributed by atoms with Crippen LogP contribution in [0.25, 0.3) is 0 Å². The number of fused-ring (bicyclic) bond motifs is 1. The van der Waals surface area contributed by atoms with Crippen molar-refractivity contribution in [2.45, 2.75) is 45.1 Å². The Hall–Kier alpha value is -3.31. The number of carbonyl (C=O) groups excluding carboxylic acids is 2.